The Kier molecular flexibility index (Phi) is 4.43. The van der Waals surface area contributed by atoms with Gasteiger partial charge in [0.1, 0.15) is 0 Å². The molecule has 0 spiro atoms. The SMILES string of the molecule is CN1C=CN(c2[c-]ccc(C(C)(C)C)c2)[CH-]1.[Pt+2]. The van der Waals surface area contributed by atoms with Gasteiger partial charge in [-0.15, -0.1) is 11.8 Å². The summed E-state index contributed by atoms with van der Waals surface area (Å²) >= 11 is 0. The van der Waals surface area contributed by atoms with Crippen molar-refractivity contribution >= 4 is 5.69 Å². The Bertz CT molecular complexity index is 407. The van der Waals surface area contributed by atoms with E-state index in [0.29, 0.717) is 0 Å². The Hall–Kier alpha value is -0.752. The third kappa shape index (κ3) is 3.35. The molecule has 1 aliphatic heterocycles. The first-order valence-electron chi connectivity index (χ1n) is 5.52. The molecular weight excluding hydrogens is 391 g/mol. The van der Waals surface area contributed by atoms with E-state index in [1.54, 1.807) is 0 Å². The van der Waals surface area contributed by atoms with Crippen LogP contribution in [0.5, 0.6) is 0 Å². The first-order valence-corrected chi connectivity index (χ1v) is 5.52. The monoisotopic (exact) mass is 409 g/mol. The van der Waals surface area contributed by atoms with Gasteiger partial charge in [-0.2, -0.15) is 30.4 Å². The average molecular weight is 409 g/mol. The van der Waals surface area contributed by atoms with E-state index in [2.05, 4.69) is 43.9 Å². The second kappa shape index (κ2) is 5.26. The van der Waals surface area contributed by atoms with Crippen molar-refractivity contribution in [3.63, 3.8) is 0 Å². The van der Waals surface area contributed by atoms with Crippen LogP contribution in [-0.2, 0) is 26.5 Å². The molecule has 0 aromatic heterocycles. The summed E-state index contributed by atoms with van der Waals surface area (Å²) in [5, 5.41) is 0. The molecule has 0 N–H and O–H groups in total. The van der Waals surface area contributed by atoms with Crippen molar-refractivity contribution in [2.45, 2.75) is 26.2 Å². The van der Waals surface area contributed by atoms with E-state index >= 15 is 0 Å². The number of hydrogen-bond donors (Lipinski definition) is 0. The van der Waals surface area contributed by atoms with Crippen molar-refractivity contribution in [3.8, 4) is 0 Å². The molecule has 0 saturated carbocycles. The van der Waals surface area contributed by atoms with E-state index in [0.717, 1.165) is 5.69 Å². The van der Waals surface area contributed by atoms with Gasteiger partial charge in [-0.3, -0.25) is 0 Å². The molecule has 94 valence electrons. The topological polar surface area (TPSA) is 6.48 Å². The summed E-state index contributed by atoms with van der Waals surface area (Å²) in [6, 6.07) is 9.58. The number of rotatable bonds is 1. The molecule has 0 saturated heterocycles. The summed E-state index contributed by atoms with van der Waals surface area (Å²) in [5.74, 6) is 0. The maximum absolute atomic E-state index is 3.26. The van der Waals surface area contributed by atoms with Crippen molar-refractivity contribution < 1.29 is 21.1 Å². The first-order chi connectivity index (χ1) is 7.47. The van der Waals surface area contributed by atoms with Crippen LogP contribution in [0, 0.1) is 12.7 Å². The Morgan fingerprint density at radius 2 is 1.94 bits per heavy atom. The zero-order valence-corrected chi connectivity index (χ0v) is 12.9. The molecule has 1 aliphatic rings. The molecular formula is C14H18N2Pt. The average Bonchev–Trinajstić information content (AvgIpc) is 2.64. The van der Waals surface area contributed by atoms with Gasteiger partial charge in [0.2, 0.25) is 0 Å². The maximum Gasteiger partial charge on any atom is 2.00 e. The number of anilines is 1. The quantitative estimate of drug-likeness (QED) is 0.658. The van der Waals surface area contributed by atoms with Crippen LogP contribution in [0.2, 0.25) is 0 Å². The Morgan fingerprint density at radius 1 is 1.24 bits per heavy atom. The molecule has 3 heteroatoms. The van der Waals surface area contributed by atoms with Crippen molar-refractivity contribution in [2.24, 2.45) is 0 Å². The van der Waals surface area contributed by atoms with Crippen LogP contribution in [0.25, 0.3) is 0 Å². The van der Waals surface area contributed by atoms with Crippen LogP contribution in [-0.4, -0.2) is 11.9 Å². The molecule has 0 bridgehead atoms. The molecule has 0 unspecified atom stereocenters. The molecule has 1 aromatic rings. The molecule has 0 radical (unpaired) electrons. The molecule has 2 nitrogen and oxygen atoms in total. The van der Waals surface area contributed by atoms with Gasteiger partial charge in [0.25, 0.3) is 0 Å². The van der Waals surface area contributed by atoms with Gasteiger partial charge in [-0.05, 0) is 24.9 Å². The second-order valence-corrected chi connectivity index (χ2v) is 5.20. The fourth-order valence-corrected chi connectivity index (χ4v) is 1.66. The molecule has 1 heterocycles. The standard InChI is InChI=1S/C14H18N2.Pt/c1-14(2,3)12-6-5-7-13(10-12)16-9-8-15(4)11-16;/h5-6,8-11H,1-4H3;/q-2;+2. The van der Waals surface area contributed by atoms with Gasteiger partial charge in [0, 0.05) is 0 Å². The molecule has 2 rings (SSSR count). The van der Waals surface area contributed by atoms with Gasteiger partial charge in [-0.25, -0.2) is 0 Å². The van der Waals surface area contributed by atoms with Crippen molar-refractivity contribution in [3.05, 3.63) is 48.9 Å². The van der Waals surface area contributed by atoms with Gasteiger partial charge >= 0.3 is 21.1 Å². The van der Waals surface area contributed by atoms with Gasteiger partial charge < -0.3 is 9.80 Å². The normalized spacial score (nSPS) is 15.1. The van der Waals surface area contributed by atoms with Crippen molar-refractivity contribution in [1.29, 1.82) is 0 Å². The molecule has 0 atom stereocenters. The van der Waals surface area contributed by atoms with E-state index in [4.69, 9.17) is 0 Å². The molecule has 17 heavy (non-hydrogen) atoms. The van der Waals surface area contributed by atoms with Crippen LogP contribution in [0.15, 0.2) is 30.6 Å². The van der Waals surface area contributed by atoms with E-state index in [1.807, 2.05) is 37.1 Å². The fraction of sp³-hybridized carbons (Fsp3) is 0.357. The smallest absolute Gasteiger partial charge is 0.510 e. The van der Waals surface area contributed by atoms with Crippen LogP contribution in [0.4, 0.5) is 5.69 Å². The van der Waals surface area contributed by atoms with Gasteiger partial charge in [0.05, 0.1) is 0 Å². The van der Waals surface area contributed by atoms with Crippen LogP contribution in [0.3, 0.4) is 0 Å². The summed E-state index contributed by atoms with van der Waals surface area (Å²) in [4.78, 5) is 4.10. The maximum atomic E-state index is 3.26. The van der Waals surface area contributed by atoms with Crippen molar-refractivity contribution in [1.82, 2.24) is 4.90 Å². The number of hydrogen-bond acceptors (Lipinski definition) is 2. The molecule has 1 aromatic carbocycles. The number of nitrogens with zero attached hydrogens (tertiary/aromatic N) is 2. The Balaban J connectivity index is 0.00000144. The van der Waals surface area contributed by atoms with Crippen LogP contribution < -0.4 is 4.90 Å². The third-order valence-corrected chi connectivity index (χ3v) is 2.70. The summed E-state index contributed by atoms with van der Waals surface area (Å²) in [6.07, 6.45) is 4.07. The van der Waals surface area contributed by atoms with E-state index in [1.165, 1.54) is 5.56 Å². The van der Waals surface area contributed by atoms with Crippen LogP contribution in [0.1, 0.15) is 26.3 Å². The summed E-state index contributed by atoms with van der Waals surface area (Å²) < 4.78 is 0. The molecule has 0 fully saturated rings. The Labute approximate surface area is 119 Å². The zero-order chi connectivity index (χ0) is 11.8. The van der Waals surface area contributed by atoms with Gasteiger partial charge in [-0.1, -0.05) is 20.8 Å². The summed E-state index contributed by atoms with van der Waals surface area (Å²) in [5.41, 5.74) is 2.60. The third-order valence-electron chi connectivity index (χ3n) is 2.70. The molecule has 0 amide bonds. The first kappa shape index (κ1) is 14.3. The van der Waals surface area contributed by atoms with Crippen molar-refractivity contribution in [2.75, 3.05) is 11.9 Å². The second-order valence-electron chi connectivity index (χ2n) is 5.20. The number of benzene rings is 1. The minimum atomic E-state index is 0. The minimum Gasteiger partial charge on any atom is -0.510 e. The predicted octanol–water partition coefficient (Wildman–Crippen LogP) is 3.12. The van der Waals surface area contributed by atoms with E-state index in [9.17, 15) is 0 Å². The Morgan fingerprint density at radius 3 is 2.47 bits per heavy atom. The van der Waals surface area contributed by atoms with Crippen LogP contribution >= 0.6 is 0 Å². The fourth-order valence-electron chi connectivity index (χ4n) is 1.66. The van der Waals surface area contributed by atoms with E-state index < -0.39 is 0 Å². The molecule has 0 aliphatic carbocycles. The zero-order valence-electron chi connectivity index (χ0n) is 10.7. The summed E-state index contributed by atoms with van der Waals surface area (Å²) in [7, 11) is 2.02. The predicted molar refractivity (Wildman–Crippen MR) is 67.7 cm³/mol. The van der Waals surface area contributed by atoms with Gasteiger partial charge in [0.15, 0.2) is 0 Å². The largest absolute Gasteiger partial charge is 2.00 e. The minimum absolute atomic E-state index is 0. The summed E-state index contributed by atoms with van der Waals surface area (Å²) in [6.45, 7) is 8.71. The van der Waals surface area contributed by atoms with E-state index in [-0.39, 0.29) is 26.5 Å².